The monoisotopic (exact) mass is 155 g/mol. The second-order valence-corrected chi connectivity index (χ2v) is 3.40. The van der Waals surface area contributed by atoms with E-state index in [1.165, 1.54) is 0 Å². The van der Waals surface area contributed by atoms with Gasteiger partial charge in [-0.05, 0) is 26.3 Å². The van der Waals surface area contributed by atoms with Crippen LogP contribution in [-0.2, 0) is 9.53 Å². The minimum absolute atomic E-state index is 0.217. The van der Waals surface area contributed by atoms with E-state index in [9.17, 15) is 4.79 Å². The highest BCUT2D eigenvalue weighted by Crippen LogP contribution is 2.19. The van der Waals surface area contributed by atoms with Crippen molar-refractivity contribution in [2.24, 2.45) is 0 Å². The van der Waals surface area contributed by atoms with Crippen LogP contribution in [0.15, 0.2) is 12.2 Å². The molecule has 0 radical (unpaired) electrons. The van der Waals surface area contributed by atoms with Crippen molar-refractivity contribution in [3.63, 3.8) is 0 Å². The van der Waals surface area contributed by atoms with Gasteiger partial charge >= 0.3 is 5.97 Å². The van der Waals surface area contributed by atoms with E-state index in [2.05, 4.69) is 11.9 Å². The summed E-state index contributed by atoms with van der Waals surface area (Å²) in [5.41, 5.74) is 0.257. The molecular formula is C8H13NO2. The number of nitrogens with one attached hydrogen (secondary N) is 1. The maximum Gasteiger partial charge on any atom is 0.327 e. The minimum atomic E-state index is -0.566. The molecule has 3 heteroatoms. The Hall–Kier alpha value is -0.830. The summed E-state index contributed by atoms with van der Waals surface area (Å²) in [6, 6.07) is 0. The van der Waals surface area contributed by atoms with Crippen molar-refractivity contribution in [1.82, 2.24) is 5.32 Å². The molecule has 0 amide bonds. The van der Waals surface area contributed by atoms with Gasteiger partial charge in [0, 0.05) is 0 Å². The predicted molar refractivity (Wildman–Crippen MR) is 41.9 cm³/mol. The Balaban J connectivity index is 2.72. The largest absolute Gasteiger partial charge is 0.441 e. The van der Waals surface area contributed by atoms with Crippen LogP contribution in [0.25, 0.3) is 0 Å². The van der Waals surface area contributed by atoms with Gasteiger partial charge in [0.15, 0.2) is 6.23 Å². The third-order valence-electron chi connectivity index (χ3n) is 1.67. The molecule has 0 spiro atoms. The molecule has 1 unspecified atom stereocenters. The topological polar surface area (TPSA) is 38.3 Å². The zero-order chi connectivity index (χ0) is 8.65. The number of hydrogen-bond acceptors (Lipinski definition) is 3. The highest BCUT2D eigenvalue weighted by Gasteiger charge is 2.40. The van der Waals surface area contributed by atoms with Gasteiger partial charge in [-0.1, -0.05) is 6.58 Å². The smallest absolute Gasteiger partial charge is 0.327 e. The fraction of sp³-hybridized carbons (Fsp3) is 0.625. The Labute approximate surface area is 66.4 Å². The van der Waals surface area contributed by atoms with Crippen LogP contribution in [0.3, 0.4) is 0 Å². The Morgan fingerprint density at radius 2 is 2.27 bits per heavy atom. The van der Waals surface area contributed by atoms with Crippen LogP contribution in [0, 0.1) is 0 Å². The maximum atomic E-state index is 11.1. The van der Waals surface area contributed by atoms with Crippen LogP contribution in [0.1, 0.15) is 20.8 Å². The Morgan fingerprint density at radius 3 is 2.45 bits per heavy atom. The van der Waals surface area contributed by atoms with Crippen LogP contribution in [0.2, 0.25) is 0 Å². The van der Waals surface area contributed by atoms with E-state index in [0.29, 0.717) is 0 Å². The summed E-state index contributed by atoms with van der Waals surface area (Å²) in [5, 5.41) is 3.01. The zero-order valence-corrected chi connectivity index (χ0v) is 7.10. The van der Waals surface area contributed by atoms with Crippen LogP contribution in [0.4, 0.5) is 0 Å². The Kier molecular flexibility index (Phi) is 1.76. The molecule has 1 saturated heterocycles. The highest BCUT2D eigenvalue weighted by molar-refractivity contribution is 5.82. The first-order valence-electron chi connectivity index (χ1n) is 3.57. The van der Waals surface area contributed by atoms with Crippen molar-refractivity contribution >= 4 is 5.97 Å². The summed E-state index contributed by atoms with van der Waals surface area (Å²) in [6.07, 6.45) is -0.308. The lowest BCUT2D eigenvalue weighted by Gasteiger charge is -2.13. The molecule has 1 N–H and O–H groups in total. The molecule has 0 aromatic carbocycles. The lowest BCUT2D eigenvalue weighted by atomic mass is 10.1. The fourth-order valence-corrected chi connectivity index (χ4v) is 0.894. The van der Waals surface area contributed by atoms with Gasteiger partial charge in [0.25, 0.3) is 0 Å². The number of esters is 1. The van der Waals surface area contributed by atoms with Crippen molar-refractivity contribution in [3.8, 4) is 0 Å². The number of carbonyl (C=O) groups is 1. The molecular weight excluding hydrogens is 142 g/mol. The Morgan fingerprint density at radius 1 is 1.73 bits per heavy atom. The third kappa shape index (κ3) is 1.43. The average Bonchev–Trinajstić information content (AvgIpc) is 2.08. The van der Waals surface area contributed by atoms with Crippen LogP contribution in [0.5, 0.6) is 0 Å². The van der Waals surface area contributed by atoms with E-state index in [1.54, 1.807) is 13.8 Å². The van der Waals surface area contributed by atoms with E-state index >= 15 is 0 Å². The molecule has 1 atom stereocenters. The van der Waals surface area contributed by atoms with E-state index in [4.69, 9.17) is 4.74 Å². The first-order valence-corrected chi connectivity index (χ1v) is 3.57. The van der Waals surface area contributed by atoms with Crippen molar-refractivity contribution < 1.29 is 9.53 Å². The number of carbonyl (C=O) groups excluding carboxylic acids is 1. The first-order chi connectivity index (χ1) is 4.93. The van der Waals surface area contributed by atoms with Crippen LogP contribution < -0.4 is 5.32 Å². The number of ether oxygens (including phenoxy) is 1. The molecule has 1 rings (SSSR count). The zero-order valence-electron chi connectivity index (χ0n) is 7.10. The molecule has 3 nitrogen and oxygen atoms in total. The molecule has 0 aliphatic carbocycles. The van der Waals surface area contributed by atoms with Gasteiger partial charge in [-0.25, -0.2) is 0 Å². The maximum absolute atomic E-state index is 11.1. The van der Waals surface area contributed by atoms with Crippen molar-refractivity contribution in [1.29, 1.82) is 0 Å². The van der Waals surface area contributed by atoms with E-state index in [-0.39, 0.29) is 12.2 Å². The summed E-state index contributed by atoms with van der Waals surface area (Å²) in [4.78, 5) is 11.1. The van der Waals surface area contributed by atoms with Crippen molar-refractivity contribution in [2.75, 3.05) is 0 Å². The molecule has 1 aliphatic heterocycles. The minimum Gasteiger partial charge on any atom is -0.441 e. The van der Waals surface area contributed by atoms with Gasteiger partial charge < -0.3 is 4.74 Å². The lowest BCUT2D eigenvalue weighted by molar-refractivity contribution is -0.143. The second kappa shape index (κ2) is 2.34. The second-order valence-electron chi connectivity index (χ2n) is 3.40. The predicted octanol–water partition coefficient (Wildman–Crippen LogP) is 0.814. The number of cyclic esters (lactones) is 1. The van der Waals surface area contributed by atoms with Crippen molar-refractivity contribution in [3.05, 3.63) is 12.2 Å². The number of hydrogen-bond donors (Lipinski definition) is 1. The molecule has 0 aromatic rings. The van der Waals surface area contributed by atoms with Gasteiger partial charge in [0.05, 0.1) is 0 Å². The molecule has 1 fully saturated rings. The summed E-state index contributed by atoms with van der Waals surface area (Å²) < 4.78 is 4.99. The standard InChI is InChI=1S/C8H13NO2/c1-5(2)6-9-8(3,4)7(10)11-6/h6,9H,1H2,2-4H3. The SMILES string of the molecule is C=C(C)C1NC(C)(C)C(=O)O1. The summed E-state index contributed by atoms with van der Waals surface area (Å²) in [6.45, 7) is 9.10. The molecule has 0 aromatic heterocycles. The van der Waals surface area contributed by atoms with E-state index < -0.39 is 5.54 Å². The molecule has 0 bridgehead atoms. The summed E-state index contributed by atoms with van der Waals surface area (Å²) >= 11 is 0. The van der Waals surface area contributed by atoms with Crippen molar-refractivity contribution in [2.45, 2.75) is 32.5 Å². The molecule has 1 aliphatic rings. The quantitative estimate of drug-likeness (QED) is 0.450. The van der Waals surface area contributed by atoms with Gasteiger partial charge in [0.1, 0.15) is 5.54 Å². The van der Waals surface area contributed by atoms with Gasteiger partial charge in [-0.15, -0.1) is 0 Å². The molecule has 62 valence electrons. The van der Waals surface area contributed by atoms with Crippen LogP contribution >= 0.6 is 0 Å². The van der Waals surface area contributed by atoms with Crippen LogP contribution in [-0.4, -0.2) is 17.7 Å². The average molecular weight is 155 g/mol. The number of rotatable bonds is 1. The van der Waals surface area contributed by atoms with Gasteiger partial charge in [-0.2, -0.15) is 0 Å². The highest BCUT2D eigenvalue weighted by atomic mass is 16.6. The Bertz CT molecular complexity index is 208. The summed E-state index contributed by atoms with van der Waals surface area (Å²) in [5.74, 6) is -0.217. The first kappa shape index (κ1) is 8.27. The third-order valence-corrected chi connectivity index (χ3v) is 1.67. The fourth-order valence-electron chi connectivity index (χ4n) is 0.894. The van der Waals surface area contributed by atoms with E-state index in [1.807, 2.05) is 6.92 Å². The summed E-state index contributed by atoms with van der Waals surface area (Å²) in [7, 11) is 0. The molecule has 0 saturated carbocycles. The van der Waals surface area contributed by atoms with Gasteiger partial charge in [0.2, 0.25) is 0 Å². The van der Waals surface area contributed by atoms with E-state index in [0.717, 1.165) is 5.57 Å². The lowest BCUT2D eigenvalue weighted by Crippen LogP contribution is -2.41. The normalized spacial score (nSPS) is 28.3. The molecule has 1 heterocycles. The molecule has 11 heavy (non-hydrogen) atoms. The van der Waals surface area contributed by atoms with Gasteiger partial charge in [-0.3, -0.25) is 10.1 Å².